The molecular formula is C27H38N4O4. The molecule has 0 spiro atoms. The predicted molar refractivity (Wildman–Crippen MR) is 131 cm³/mol. The van der Waals surface area contributed by atoms with Crippen LogP contribution in [0.15, 0.2) is 18.2 Å². The first-order chi connectivity index (χ1) is 16.9. The number of hydrogen-bond donors (Lipinski definition) is 3. The molecule has 35 heavy (non-hydrogen) atoms. The fraction of sp³-hybridized carbons (Fsp3) is 0.704. The van der Waals surface area contributed by atoms with Crippen LogP contribution in [0.2, 0.25) is 0 Å². The molecule has 190 valence electrons. The van der Waals surface area contributed by atoms with E-state index in [0.29, 0.717) is 24.9 Å². The zero-order chi connectivity index (χ0) is 24.2. The topological polar surface area (TPSA) is 108 Å². The van der Waals surface area contributed by atoms with Crippen LogP contribution in [-0.2, 0) is 21.4 Å². The maximum Gasteiger partial charge on any atom is 0.248 e. The Kier molecular flexibility index (Phi) is 5.91. The number of aliphatic hydroxyl groups is 1. The summed E-state index contributed by atoms with van der Waals surface area (Å²) in [5, 5.41) is 15.6. The second-order valence-corrected chi connectivity index (χ2v) is 11.5. The van der Waals surface area contributed by atoms with Gasteiger partial charge in [-0.1, -0.05) is 6.07 Å². The number of primary amides is 1. The average molecular weight is 483 g/mol. The lowest BCUT2D eigenvalue weighted by Gasteiger charge is -2.59. The fourth-order valence-electron chi connectivity index (χ4n) is 7.49. The molecule has 0 unspecified atom stereocenters. The van der Waals surface area contributed by atoms with Crippen molar-refractivity contribution in [2.45, 2.75) is 55.6 Å². The number of carbonyl (C=O) groups is 2. The molecule has 2 bridgehead atoms. The second-order valence-electron chi connectivity index (χ2n) is 11.5. The monoisotopic (exact) mass is 482 g/mol. The molecule has 2 heterocycles. The summed E-state index contributed by atoms with van der Waals surface area (Å²) in [4.78, 5) is 30.2. The number of piperidine rings is 1. The van der Waals surface area contributed by atoms with Crippen molar-refractivity contribution in [3.8, 4) is 0 Å². The van der Waals surface area contributed by atoms with Crippen LogP contribution < -0.4 is 11.1 Å². The largest absolute Gasteiger partial charge is 0.387 e. The van der Waals surface area contributed by atoms with Crippen LogP contribution >= 0.6 is 0 Å². The minimum atomic E-state index is -0.977. The fourth-order valence-corrected chi connectivity index (χ4v) is 7.49. The summed E-state index contributed by atoms with van der Waals surface area (Å²) in [6.07, 6.45) is 5.21. The van der Waals surface area contributed by atoms with Crippen LogP contribution in [0.1, 0.15) is 53.6 Å². The van der Waals surface area contributed by atoms with Gasteiger partial charge in [-0.05, 0) is 74.2 Å². The Hall–Kier alpha value is -2.00. The van der Waals surface area contributed by atoms with E-state index in [4.69, 9.17) is 10.5 Å². The Morgan fingerprint density at radius 1 is 1.17 bits per heavy atom. The SMILES string of the molecule is NC(=O)c1ccc2c(c1)[C@]13CCN(CC4CC4)[C@H](C2)[C@]1(O)C[C@@H](C(=O)NCCN1CCOCC1)C3. The Morgan fingerprint density at radius 2 is 1.97 bits per heavy atom. The van der Waals surface area contributed by atoms with Crippen molar-refractivity contribution in [1.29, 1.82) is 0 Å². The third-order valence-corrected chi connectivity index (χ3v) is 9.51. The van der Waals surface area contributed by atoms with Crippen LogP contribution in [0.4, 0.5) is 0 Å². The molecule has 8 heteroatoms. The van der Waals surface area contributed by atoms with Gasteiger partial charge in [0.15, 0.2) is 0 Å². The van der Waals surface area contributed by atoms with Gasteiger partial charge < -0.3 is 20.9 Å². The highest BCUT2D eigenvalue weighted by molar-refractivity contribution is 5.93. The number of nitrogens with zero attached hydrogens (tertiary/aromatic N) is 2. The first-order valence-electron chi connectivity index (χ1n) is 13.4. The summed E-state index contributed by atoms with van der Waals surface area (Å²) in [6, 6.07) is 5.76. The van der Waals surface area contributed by atoms with E-state index in [9.17, 15) is 14.7 Å². The molecule has 2 saturated carbocycles. The molecule has 8 nitrogen and oxygen atoms in total. The molecule has 2 amide bonds. The molecule has 4 fully saturated rings. The molecule has 2 aliphatic heterocycles. The predicted octanol–water partition coefficient (Wildman–Crippen LogP) is 0.653. The highest BCUT2D eigenvalue weighted by Gasteiger charge is 2.68. The summed E-state index contributed by atoms with van der Waals surface area (Å²) in [5.74, 6) is 0.0977. The number of rotatable bonds is 7. The highest BCUT2D eigenvalue weighted by atomic mass is 16.5. The number of nitrogens with two attached hydrogens (primary N) is 1. The molecule has 0 aromatic heterocycles. The summed E-state index contributed by atoms with van der Waals surface area (Å²) in [5.41, 5.74) is 6.87. The highest BCUT2D eigenvalue weighted by Crippen LogP contribution is 2.61. The van der Waals surface area contributed by atoms with Gasteiger partial charge in [0.05, 0.1) is 18.8 Å². The lowest BCUT2D eigenvalue weighted by atomic mass is 9.56. The van der Waals surface area contributed by atoms with Gasteiger partial charge in [-0.3, -0.25) is 19.4 Å². The number of ether oxygens (including phenoxy) is 1. The van der Waals surface area contributed by atoms with Crippen molar-refractivity contribution in [1.82, 2.24) is 15.1 Å². The number of morpholine rings is 1. The minimum absolute atomic E-state index is 0.00919. The van der Waals surface area contributed by atoms with E-state index in [2.05, 4.69) is 15.1 Å². The zero-order valence-corrected chi connectivity index (χ0v) is 20.5. The van der Waals surface area contributed by atoms with Crippen molar-refractivity contribution < 1.29 is 19.4 Å². The molecule has 1 aromatic rings. The van der Waals surface area contributed by atoms with Gasteiger partial charge in [0.2, 0.25) is 11.8 Å². The Balaban J connectivity index is 1.26. The molecule has 4 N–H and O–H groups in total. The molecular weight excluding hydrogens is 444 g/mol. The normalized spacial score (nSPS) is 34.8. The number of nitrogens with one attached hydrogen (secondary N) is 1. The zero-order valence-electron chi connectivity index (χ0n) is 20.5. The van der Waals surface area contributed by atoms with Crippen molar-refractivity contribution in [2.75, 3.05) is 52.5 Å². The van der Waals surface area contributed by atoms with Gasteiger partial charge in [-0.2, -0.15) is 0 Å². The van der Waals surface area contributed by atoms with Crippen molar-refractivity contribution in [3.63, 3.8) is 0 Å². The number of fused-ring (bicyclic) bond motifs is 1. The summed E-state index contributed by atoms with van der Waals surface area (Å²) < 4.78 is 5.41. The molecule has 2 saturated heterocycles. The number of amides is 2. The van der Waals surface area contributed by atoms with Gasteiger partial charge in [0.1, 0.15) is 0 Å². The standard InChI is InChI=1S/C27H38N4O4/c28-24(32)20-4-3-19-14-23-27(34)16-21(25(33)29-6-8-30-9-11-35-12-10-30)15-26(27,22(19)13-20)5-7-31(23)17-18-1-2-18/h3-4,13,18,21,23,34H,1-2,5-12,14-17H2,(H2,28,32)(H,29,33)/t21-,23+,26+,27+/m0/s1. The number of carbonyl (C=O) groups excluding carboxylic acids is 2. The Morgan fingerprint density at radius 3 is 2.71 bits per heavy atom. The summed E-state index contributed by atoms with van der Waals surface area (Å²) >= 11 is 0. The van der Waals surface area contributed by atoms with Crippen molar-refractivity contribution in [2.24, 2.45) is 17.6 Å². The first kappa shape index (κ1) is 23.4. The van der Waals surface area contributed by atoms with Gasteiger partial charge in [-0.25, -0.2) is 0 Å². The van der Waals surface area contributed by atoms with E-state index >= 15 is 0 Å². The maximum absolute atomic E-state index is 13.4. The lowest BCUT2D eigenvalue weighted by Crippen LogP contribution is -2.69. The third kappa shape index (κ3) is 3.99. The van der Waals surface area contributed by atoms with E-state index < -0.39 is 16.9 Å². The Labute approximate surface area is 207 Å². The van der Waals surface area contributed by atoms with Crippen LogP contribution in [-0.4, -0.2) is 90.8 Å². The second kappa shape index (κ2) is 8.83. The lowest BCUT2D eigenvalue weighted by molar-refractivity contribution is -0.134. The number of benzene rings is 1. The third-order valence-electron chi connectivity index (χ3n) is 9.51. The van der Waals surface area contributed by atoms with Crippen LogP contribution in [0.25, 0.3) is 0 Å². The van der Waals surface area contributed by atoms with Crippen molar-refractivity contribution >= 4 is 11.8 Å². The minimum Gasteiger partial charge on any atom is -0.387 e. The first-order valence-corrected chi connectivity index (χ1v) is 13.4. The van der Waals surface area contributed by atoms with E-state index in [0.717, 1.165) is 70.3 Å². The van der Waals surface area contributed by atoms with Gasteiger partial charge in [0, 0.05) is 55.7 Å². The average Bonchev–Trinajstić information content (AvgIpc) is 3.60. The smallest absolute Gasteiger partial charge is 0.248 e. The van der Waals surface area contributed by atoms with Crippen LogP contribution in [0, 0.1) is 11.8 Å². The molecule has 1 aromatic carbocycles. The van der Waals surface area contributed by atoms with E-state index in [1.807, 2.05) is 18.2 Å². The van der Waals surface area contributed by atoms with Gasteiger partial charge in [-0.15, -0.1) is 0 Å². The molecule has 0 radical (unpaired) electrons. The maximum atomic E-state index is 13.4. The van der Waals surface area contributed by atoms with Gasteiger partial charge in [0.25, 0.3) is 0 Å². The molecule has 6 rings (SSSR count). The summed E-state index contributed by atoms with van der Waals surface area (Å²) in [7, 11) is 0. The Bertz CT molecular complexity index is 1010. The van der Waals surface area contributed by atoms with E-state index in [1.54, 1.807) is 0 Å². The van der Waals surface area contributed by atoms with E-state index in [-0.39, 0.29) is 17.9 Å². The number of hydrogen-bond acceptors (Lipinski definition) is 6. The molecule has 5 aliphatic rings. The number of likely N-dealkylation sites (tertiary alicyclic amines) is 1. The van der Waals surface area contributed by atoms with E-state index in [1.165, 1.54) is 18.4 Å². The van der Waals surface area contributed by atoms with Crippen LogP contribution in [0.3, 0.4) is 0 Å². The quantitative estimate of drug-likeness (QED) is 0.527. The summed E-state index contributed by atoms with van der Waals surface area (Å²) in [6.45, 7) is 6.69. The molecule has 3 aliphatic carbocycles. The molecule has 4 atom stereocenters. The van der Waals surface area contributed by atoms with Gasteiger partial charge >= 0.3 is 0 Å². The van der Waals surface area contributed by atoms with Crippen LogP contribution in [0.5, 0.6) is 0 Å². The van der Waals surface area contributed by atoms with Crippen molar-refractivity contribution in [3.05, 3.63) is 34.9 Å².